The van der Waals surface area contributed by atoms with Crippen molar-refractivity contribution in [3.63, 3.8) is 0 Å². The van der Waals surface area contributed by atoms with Gasteiger partial charge >= 0.3 is 0 Å². The van der Waals surface area contributed by atoms with E-state index in [4.69, 9.17) is 0 Å². The van der Waals surface area contributed by atoms with Crippen molar-refractivity contribution >= 4 is 0 Å². The van der Waals surface area contributed by atoms with Crippen LogP contribution in [-0.4, -0.2) is 4.57 Å². The first-order chi connectivity index (χ1) is 15.1. The van der Waals surface area contributed by atoms with Crippen molar-refractivity contribution in [1.29, 1.82) is 0 Å². The van der Waals surface area contributed by atoms with Gasteiger partial charge in [0.15, 0.2) is 0 Å². The molecule has 1 aliphatic heterocycles. The number of hydrogen-bond acceptors (Lipinski definition) is 0. The van der Waals surface area contributed by atoms with Crippen molar-refractivity contribution < 1.29 is 4.57 Å². The number of fused-ring (bicyclic) bond motifs is 3. The largest absolute Gasteiger partial charge is 0.294 e. The van der Waals surface area contributed by atoms with Gasteiger partial charge in [-0.15, -0.1) is 0 Å². The van der Waals surface area contributed by atoms with Gasteiger partial charge in [0.25, 0.3) is 5.82 Å². The molecular weight excluding hydrogens is 388 g/mol. The van der Waals surface area contributed by atoms with Gasteiger partial charge in [-0.1, -0.05) is 84.4 Å². The van der Waals surface area contributed by atoms with E-state index in [9.17, 15) is 0 Å². The number of benzene rings is 2. The molecule has 2 aromatic carbocycles. The van der Waals surface area contributed by atoms with E-state index < -0.39 is 0 Å². The molecule has 0 aliphatic carbocycles. The van der Waals surface area contributed by atoms with Gasteiger partial charge in [0, 0.05) is 16.5 Å². The Labute approximate surface area is 195 Å². The molecule has 0 saturated carbocycles. The summed E-state index contributed by atoms with van der Waals surface area (Å²) < 4.78 is 5.10. The predicted octanol–water partition coefficient (Wildman–Crippen LogP) is 7.79. The summed E-state index contributed by atoms with van der Waals surface area (Å²) in [4.78, 5) is 0. The molecule has 2 unspecified atom stereocenters. The van der Waals surface area contributed by atoms with Gasteiger partial charge in [0.1, 0.15) is 23.6 Å². The summed E-state index contributed by atoms with van der Waals surface area (Å²) in [6, 6.07) is 13.9. The van der Waals surface area contributed by atoms with Crippen molar-refractivity contribution in [2.24, 2.45) is 0 Å². The van der Waals surface area contributed by atoms with Gasteiger partial charge in [0.05, 0.1) is 5.56 Å². The average Bonchev–Trinajstić information content (AvgIpc) is 3.22. The lowest BCUT2D eigenvalue weighted by atomic mass is 9.61. The highest BCUT2D eigenvalue weighted by Crippen LogP contribution is 2.50. The monoisotopic (exact) mass is 429 g/mol. The molecule has 2 nitrogen and oxygen atoms in total. The third kappa shape index (κ3) is 3.02. The first kappa shape index (κ1) is 22.8. The third-order valence-corrected chi connectivity index (χ3v) is 8.50. The normalized spacial score (nSPS) is 22.3. The Balaban J connectivity index is 2.14. The number of imidazole rings is 1. The molecule has 1 aliphatic rings. The van der Waals surface area contributed by atoms with Crippen LogP contribution in [0.4, 0.5) is 0 Å². The molecule has 0 N–H and O–H groups in total. The second-order valence-corrected chi connectivity index (χ2v) is 10.8. The van der Waals surface area contributed by atoms with Crippen LogP contribution in [0.3, 0.4) is 0 Å². The Bertz CT molecular complexity index is 1120. The van der Waals surface area contributed by atoms with E-state index in [0.29, 0.717) is 11.8 Å². The fourth-order valence-electron chi connectivity index (χ4n) is 6.07. The van der Waals surface area contributed by atoms with Crippen LogP contribution in [-0.2, 0) is 11.0 Å². The van der Waals surface area contributed by atoms with Crippen LogP contribution in [0.1, 0.15) is 102 Å². The summed E-state index contributed by atoms with van der Waals surface area (Å²) in [5.74, 6) is 2.24. The fourth-order valence-corrected chi connectivity index (χ4v) is 6.07. The SMILES string of the molecule is CCC1(C)c2ccccc2-c2n(-c3c(C(C)C)cc(C)cc3C(C)C)cc[n+]2C1(C)CC. The van der Waals surface area contributed by atoms with Crippen molar-refractivity contribution in [1.82, 2.24) is 4.57 Å². The van der Waals surface area contributed by atoms with Gasteiger partial charge < -0.3 is 0 Å². The zero-order chi connectivity index (χ0) is 23.4. The van der Waals surface area contributed by atoms with E-state index in [1.807, 2.05) is 0 Å². The van der Waals surface area contributed by atoms with Crippen LogP contribution < -0.4 is 4.57 Å². The first-order valence-electron chi connectivity index (χ1n) is 12.5. The first-order valence-corrected chi connectivity index (χ1v) is 12.5. The zero-order valence-electron chi connectivity index (χ0n) is 21.6. The maximum atomic E-state index is 2.59. The highest BCUT2D eigenvalue weighted by molar-refractivity contribution is 5.67. The number of rotatable bonds is 5. The molecule has 0 saturated heterocycles. The molecule has 0 spiro atoms. The molecule has 2 atom stereocenters. The van der Waals surface area contributed by atoms with Crippen LogP contribution >= 0.6 is 0 Å². The van der Waals surface area contributed by atoms with Crippen molar-refractivity contribution in [3.8, 4) is 17.1 Å². The number of nitrogens with zero attached hydrogens (tertiary/aromatic N) is 2. The van der Waals surface area contributed by atoms with Gasteiger partial charge in [-0.05, 0) is 50.2 Å². The topological polar surface area (TPSA) is 8.81 Å². The third-order valence-electron chi connectivity index (χ3n) is 8.50. The minimum absolute atomic E-state index is 0.0113. The van der Waals surface area contributed by atoms with E-state index in [-0.39, 0.29) is 11.0 Å². The quantitative estimate of drug-likeness (QED) is 0.366. The van der Waals surface area contributed by atoms with Crippen molar-refractivity contribution in [2.75, 3.05) is 0 Å². The molecule has 0 radical (unpaired) electrons. The average molecular weight is 430 g/mol. The van der Waals surface area contributed by atoms with Crippen LogP contribution in [0.25, 0.3) is 17.1 Å². The number of hydrogen-bond donors (Lipinski definition) is 0. The van der Waals surface area contributed by atoms with Gasteiger partial charge in [0.2, 0.25) is 0 Å². The fraction of sp³-hybridized carbons (Fsp3) is 0.500. The summed E-state index contributed by atoms with van der Waals surface area (Å²) >= 11 is 0. The maximum absolute atomic E-state index is 2.59. The van der Waals surface area contributed by atoms with E-state index in [1.54, 1.807) is 0 Å². The molecular formula is C30H41N2+. The summed E-state index contributed by atoms with van der Waals surface area (Å²) in [6.45, 7) is 21.1. The van der Waals surface area contributed by atoms with Crippen molar-refractivity contribution in [2.45, 2.75) is 97.9 Å². The molecule has 4 rings (SSSR count). The van der Waals surface area contributed by atoms with Gasteiger partial charge in [-0.2, -0.15) is 4.57 Å². The molecule has 0 amide bonds. The maximum Gasteiger partial charge on any atom is 0.294 e. The smallest absolute Gasteiger partial charge is 0.224 e. The second-order valence-electron chi connectivity index (χ2n) is 10.8. The summed E-state index contributed by atoms with van der Waals surface area (Å²) in [6.07, 6.45) is 6.88. The number of aromatic nitrogens is 2. The van der Waals surface area contributed by atoms with Crippen molar-refractivity contribution in [3.05, 3.63) is 71.0 Å². The van der Waals surface area contributed by atoms with E-state index in [2.05, 4.69) is 120 Å². The standard InChI is InChI=1S/C30H41N2/c1-10-29(8)26-15-13-12-14-23(26)28-31(16-17-32(28)30(29,9)11-2)27-24(20(3)4)18-22(7)19-25(27)21(5)6/h12-21H,10-11H2,1-9H3/q+1. The second kappa shape index (κ2) is 7.90. The van der Waals surface area contributed by atoms with E-state index in [0.717, 1.165) is 12.8 Å². The minimum Gasteiger partial charge on any atom is -0.224 e. The summed E-state index contributed by atoms with van der Waals surface area (Å²) in [5.41, 5.74) is 8.55. The summed E-state index contributed by atoms with van der Waals surface area (Å²) in [5, 5.41) is 0. The Morgan fingerprint density at radius 3 is 2.03 bits per heavy atom. The Morgan fingerprint density at radius 1 is 0.906 bits per heavy atom. The molecule has 0 bridgehead atoms. The molecule has 2 heterocycles. The molecule has 2 heteroatoms. The van der Waals surface area contributed by atoms with Crippen LogP contribution in [0.15, 0.2) is 48.8 Å². The Morgan fingerprint density at radius 2 is 1.50 bits per heavy atom. The Hall–Kier alpha value is -2.35. The highest BCUT2D eigenvalue weighted by Gasteiger charge is 2.55. The predicted molar refractivity (Wildman–Crippen MR) is 136 cm³/mol. The summed E-state index contributed by atoms with van der Waals surface area (Å²) in [7, 11) is 0. The molecule has 32 heavy (non-hydrogen) atoms. The molecule has 170 valence electrons. The van der Waals surface area contributed by atoms with E-state index >= 15 is 0 Å². The number of aryl methyl sites for hydroxylation is 1. The van der Waals surface area contributed by atoms with Crippen LogP contribution in [0.5, 0.6) is 0 Å². The van der Waals surface area contributed by atoms with Gasteiger partial charge in [-0.3, -0.25) is 0 Å². The van der Waals surface area contributed by atoms with Crippen LogP contribution in [0.2, 0.25) is 0 Å². The van der Waals surface area contributed by atoms with E-state index in [1.165, 1.54) is 39.3 Å². The highest BCUT2D eigenvalue weighted by atomic mass is 15.2. The van der Waals surface area contributed by atoms with Gasteiger partial charge in [-0.25, -0.2) is 4.57 Å². The lowest BCUT2D eigenvalue weighted by Gasteiger charge is -2.47. The molecule has 3 aromatic rings. The lowest BCUT2D eigenvalue weighted by molar-refractivity contribution is -0.764. The minimum atomic E-state index is 0.0113. The molecule has 0 fully saturated rings. The van der Waals surface area contributed by atoms with Crippen LogP contribution in [0, 0.1) is 6.92 Å². The Kier molecular flexibility index (Phi) is 5.64. The molecule has 1 aromatic heterocycles. The zero-order valence-corrected chi connectivity index (χ0v) is 21.6. The lowest BCUT2D eigenvalue weighted by Crippen LogP contribution is -2.67.